The lowest BCUT2D eigenvalue weighted by molar-refractivity contribution is -0.483. The molecule has 0 bridgehead atoms. The van der Waals surface area contributed by atoms with Crippen molar-refractivity contribution in [1.82, 2.24) is 0 Å². The summed E-state index contributed by atoms with van der Waals surface area (Å²) >= 11 is 0. The molecular formula is C17H15NO5. The second kappa shape index (κ2) is 6.48. The molecule has 0 aliphatic carbocycles. The van der Waals surface area contributed by atoms with Crippen LogP contribution in [0.4, 0.5) is 0 Å². The van der Waals surface area contributed by atoms with Gasteiger partial charge in [-0.2, -0.15) is 0 Å². The molecule has 0 amide bonds. The van der Waals surface area contributed by atoms with Crippen LogP contribution in [0.5, 0.6) is 11.5 Å². The number of nitrogens with zero attached hydrogens (tertiary/aromatic N) is 1. The summed E-state index contributed by atoms with van der Waals surface area (Å²) < 4.78 is 10.5. The smallest absolute Gasteiger partial charge is 0.231 e. The van der Waals surface area contributed by atoms with Crippen molar-refractivity contribution in [3.63, 3.8) is 0 Å². The summed E-state index contributed by atoms with van der Waals surface area (Å²) in [5.41, 5.74) is 1.26. The Balaban J connectivity index is 1.83. The zero-order valence-corrected chi connectivity index (χ0v) is 12.3. The first-order valence-electron chi connectivity index (χ1n) is 7.23. The number of hydrogen-bond donors (Lipinski definition) is 0. The highest BCUT2D eigenvalue weighted by atomic mass is 16.7. The molecule has 1 heterocycles. The van der Waals surface area contributed by atoms with Gasteiger partial charge in [0.05, 0.1) is 5.92 Å². The van der Waals surface area contributed by atoms with E-state index < -0.39 is 10.8 Å². The predicted octanol–water partition coefficient (Wildman–Crippen LogP) is 3.05. The molecule has 0 radical (unpaired) electrons. The average Bonchev–Trinajstić information content (AvgIpc) is 3.02. The average molecular weight is 313 g/mol. The normalized spacial score (nSPS) is 13.6. The van der Waals surface area contributed by atoms with Crippen molar-refractivity contribution in [2.45, 2.75) is 12.3 Å². The van der Waals surface area contributed by atoms with Crippen molar-refractivity contribution in [3.05, 3.63) is 69.8 Å². The van der Waals surface area contributed by atoms with E-state index in [4.69, 9.17) is 9.47 Å². The second-order valence-corrected chi connectivity index (χ2v) is 5.32. The van der Waals surface area contributed by atoms with Crippen LogP contribution in [0.1, 0.15) is 28.3 Å². The minimum absolute atomic E-state index is 0.0740. The molecule has 6 heteroatoms. The standard InChI is InChI=1S/C17H15NO5/c19-15(12-4-2-1-3-5-12)8-14(10-18(20)21)13-6-7-16-17(9-13)23-11-22-16/h1-7,9,14H,8,10-11H2/t14-/m1/s1. The van der Waals surface area contributed by atoms with E-state index in [9.17, 15) is 14.9 Å². The molecule has 1 aliphatic heterocycles. The first-order valence-corrected chi connectivity index (χ1v) is 7.23. The van der Waals surface area contributed by atoms with Crippen LogP contribution in [-0.4, -0.2) is 24.0 Å². The summed E-state index contributed by atoms with van der Waals surface area (Å²) in [6.45, 7) is -0.167. The van der Waals surface area contributed by atoms with Gasteiger partial charge in [-0.05, 0) is 17.7 Å². The Morgan fingerprint density at radius 2 is 1.87 bits per heavy atom. The Bertz CT molecular complexity index is 729. The van der Waals surface area contributed by atoms with E-state index in [1.807, 2.05) is 6.07 Å². The van der Waals surface area contributed by atoms with Crippen LogP contribution in [0.2, 0.25) is 0 Å². The first kappa shape index (κ1) is 15.0. The van der Waals surface area contributed by atoms with Crippen LogP contribution in [-0.2, 0) is 0 Å². The van der Waals surface area contributed by atoms with Crippen LogP contribution in [0.15, 0.2) is 48.5 Å². The van der Waals surface area contributed by atoms with Crippen molar-refractivity contribution in [3.8, 4) is 11.5 Å². The number of ketones is 1. The quantitative estimate of drug-likeness (QED) is 0.465. The van der Waals surface area contributed by atoms with E-state index in [1.165, 1.54) is 0 Å². The summed E-state index contributed by atoms with van der Waals surface area (Å²) in [7, 11) is 0. The van der Waals surface area contributed by atoms with E-state index in [2.05, 4.69) is 0 Å². The molecule has 0 saturated heterocycles. The molecule has 0 spiro atoms. The van der Waals surface area contributed by atoms with Crippen LogP contribution < -0.4 is 9.47 Å². The molecule has 6 nitrogen and oxygen atoms in total. The van der Waals surface area contributed by atoms with Gasteiger partial charge in [-0.25, -0.2) is 0 Å². The fourth-order valence-electron chi connectivity index (χ4n) is 2.60. The second-order valence-electron chi connectivity index (χ2n) is 5.32. The van der Waals surface area contributed by atoms with Gasteiger partial charge in [0.15, 0.2) is 17.3 Å². The van der Waals surface area contributed by atoms with Gasteiger partial charge in [0.2, 0.25) is 13.3 Å². The molecule has 0 saturated carbocycles. The molecule has 23 heavy (non-hydrogen) atoms. The van der Waals surface area contributed by atoms with Gasteiger partial charge in [-0.3, -0.25) is 14.9 Å². The largest absolute Gasteiger partial charge is 0.454 e. The number of rotatable bonds is 6. The van der Waals surface area contributed by atoms with Crippen LogP contribution in [0, 0.1) is 10.1 Å². The zero-order chi connectivity index (χ0) is 16.2. The Morgan fingerprint density at radius 1 is 1.13 bits per heavy atom. The number of hydrogen-bond acceptors (Lipinski definition) is 5. The van der Waals surface area contributed by atoms with Gasteiger partial charge >= 0.3 is 0 Å². The number of ether oxygens (including phenoxy) is 2. The maximum absolute atomic E-state index is 12.4. The van der Waals surface area contributed by atoms with Crippen molar-refractivity contribution in [1.29, 1.82) is 0 Å². The number of benzene rings is 2. The Labute approximate surface area is 132 Å². The Kier molecular flexibility index (Phi) is 4.23. The molecule has 2 aromatic carbocycles. The lowest BCUT2D eigenvalue weighted by Gasteiger charge is -2.13. The minimum Gasteiger partial charge on any atom is -0.454 e. The highest BCUT2D eigenvalue weighted by Crippen LogP contribution is 2.35. The van der Waals surface area contributed by atoms with Gasteiger partial charge in [0.25, 0.3) is 0 Å². The van der Waals surface area contributed by atoms with E-state index >= 15 is 0 Å². The van der Waals surface area contributed by atoms with Gasteiger partial charge in [0, 0.05) is 16.9 Å². The molecule has 118 valence electrons. The summed E-state index contributed by atoms with van der Waals surface area (Å²) in [5.74, 6) is 0.549. The highest BCUT2D eigenvalue weighted by Gasteiger charge is 2.24. The Morgan fingerprint density at radius 3 is 2.61 bits per heavy atom. The zero-order valence-electron chi connectivity index (χ0n) is 12.3. The van der Waals surface area contributed by atoms with Crippen molar-refractivity contribution in [2.75, 3.05) is 13.3 Å². The van der Waals surface area contributed by atoms with Crippen molar-refractivity contribution >= 4 is 5.78 Å². The lowest BCUT2D eigenvalue weighted by Crippen LogP contribution is -2.16. The SMILES string of the molecule is O=C(C[C@H](C[N+](=O)[O-])c1ccc2c(c1)OCO2)c1ccccc1. The monoisotopic (exact) mass is 313 g/mol. The maximum atomic E-state index is 12.4. The molecule has 1 atom stereocenters. The highest BCUT2D eigenvalue weighted by molar-refractivity contribution is 5.96. The topological polar surface area (TPSA) is 78.7 Å². The third kappa shape index (κ3) is 3.48. The van der Waals surface area contributed by atoms with E-state index in [-0.39, 0.29) is 25.5 Å². The Hall–Kier alpha value is -2.89. The molecule has 0 fully saturated rings. The third-order valence-corrected chi connectivity index (χ3v) is 3.77. The van der Waals surface area contributed by atoms with E-state index in [0.717, 1.165) is 0 Å². The first-order chi connectivity index (χ1) is 11.1. The van der Waals surface area contributed by atoms with Gasteiger partial charge in [-0.15, -0.1) is 0 Å². The van der Waals surface area contributed by atoms with Gasteiger partial charge in [-0.1, -0.05) is 36.4 Å². The molecule has 1 aliphatic rings. The number of nitro groups is 1. The molecule has 3 rings (SSSR count). The van der Waals surface area contributed by atoms with E-state index in [1.54, 1.807) is 42.5 Å². The molecule has 0 N–H and O–H groups in total. The van der Waals surface area contributed by atoms with Gasteiger partial charge < -0.3 is 9.47 Å². The fraction of sp³-hybridized carbons (Fsp3) is 0.235. The summed E-state index contributed by atoms with van der Waals surface area (Å²) in [6.07, 6.45) is 0.0740. The van der Waals surface area contributed by atoms with Crippen LogP contribution >= 0.6 is 0 Å². The molecule has 0 unspecified atom stereocenters. The van der Waals surface area contributed by atoms with Gasteiger partial charge in [0.1, 0.15) is 0 Å². The summed E-state index contributed by atoms with van der Waals surface area (Å²) in [5, 5.41) is 11.0. The van der Waals surface area contributed by atoms with Crippen molar-refractivity contribution < 1.29 is 19.2 Å². The number of carbonyl (C=O) groups is 1. The number of Topliss-reactive ketones (excluding diaryl/α,β-unsaturated/α-hetero) is 1. The van der Waals surface area contributed by atoms with E-state index in [0.29, 0.717) is 22.6 Å². The number of fused-ring (bicyclic) bond motifs is 1. The summed E-state index contributed by atoms with van der Waals surface area (Å²) in [4.78, 5) is 22.9. The van der Waals surface area contributed by atoms with Crippen LogP contribution in [0.3, 0.4) is 0 Å². The molecule has 0 aromatic heterocycles. The molecular weight excluding hydrogens is 298 g/mol. The third-order valence-electron chi connectivity index (χ3n) is 3.77. The number of carbonyl (C=O) groups excluding carboxylic acids is 1. The van der Waals surface area contributed by atoms with Crippen molar-refractivity contribution in [2.24, 2.45) is 0 Å². The minimum atomic E-state index is -0.507. The fourth-order valence-corrected chi connectivity index (χ4v) is 2.60. The van der Waals surface area contributed by atoms with Crippen LogP contribution in [0.25, 0.3) is 0 Å². The predicted molar refractivity (Wildman–Crippen MR) is 82.6 cm³/mol. The lowest BCUT2D eigenvalue weighted by atomic mass is 9.91. The molecule has 2 aromatic rings. The summed E-state index contributed by atoms with van der Waals surface area (Å²) in [6, 6.07) is 14.0. The maximum Gasteiger partial charge on any atom is 0.231 e.